The van der Waals surface area contributed by atoms with Crippen LogP contribution in [0.5, 0.6) is 0 Å². The maximum Gasteiger partial charge on any atom is 0.139 e. The molecule has 98 valence electrons. The van der Waals surface area contributed by atoms with Gasteiger partial charge >= 0.3 is 0 Å². The van der Waals surface area contributed by atoms with Gasteiger partial charge in [0.05, 0.1) is 15.8 Å². The molecule has 2 N–H and O–H groups in total. The number of fused-ring (bicyclic) bond motifs is 1. The molecule has 18 heavy (non-hydrogen) atoms. The van der Waals surface area contributed by atoms with Gasteiger partial charge in [0, 0.05) is 18.2 Å². The van der Waals surface area contributed by atoms with Crippen LogP contribution in [0.3, 0.4) is 0 Å². The van der Waals surface area contributed by atoms with Gasteiger partial charge in [-0.25, -0.2) is 4.39 Å². The molecule has 0 atom stereocenters. The van der Waals surface area contributed by atoms with E-state index in [0.717, 1.165) is 24.3 Å². The summed E-state index contributed by atoms with van der Waals surface area (Å²) in [5, 5.41) is 7.03. The Bertz CT molecular complexity index is 455. The Labute approximate surface area is 115 Å². The van der Waals surface area contributed by atoms with E-state index in [2.05, 4.69) is 26.6 Å². The predicted molar refractivity (Wildman–Crippen MR) is 76.6 cm³/mol. The number of rotatable bonds is 0. The molecular weight excluding hydrogens is 295 g/mol. The van der Waals surface area contributed by atoms with Crippen molar-refractivity contribution in [2.45, 2.75) is 44.1 Å². The number of nitrogens with one attached hydrogen (secondary N) is 2. The van der Waals surface area contributed by atoms with Crippen LogP contribution in [0.4, 0.5) is 15.8 Å². The van der Waals surface area contributed by atoms with Gasteiger partial charge < -0.3 is 10.6 Å². The zero-order valence-electron chi connectivity index (χ0n) is 10.4. The Morgan fingerprint density at radius 3 is 2.61 bits per heavy atom. The summed E-state index contributed by atoms with van der Waals surface area (Å²) in [6.07, 6.45) is 7.40. The topological polar surface area (TPSA) is 24.1 Å². The molecule has 0 unspecified atom stereocenters. The fourth-order valence-corrected chi connectivity index (χ4v) is 3.53. The highest BCUT2D eigenvalue weighted by atomic mass is 79.9. The molecule has 1 aliphatic heterocycles. The van der Waals surface area contributed by atoms with Crippen molar-refractivity contribution in [2.24, 2.45) is 0 Å². The van der Waals surface area contributed by atoms with Gasteiger partial charge in [-0.05, 0) is 41.3 Å². The fourth-order valence-electron chi connectivity index (χ4n) is 3.18. The second-order valence-corrected chi connectivity index (χ2v) is 6.31. The molecule has 1 fully saturated rings. The molecule has 0 aromatic heterocycles. The third-order valence-corrected chi connectivity index (χ3v) is 4.80. The first-order chi connectivity index (χ1) is 8.69. The molecule has 0 radical (unpaired) electrons. The van der Waals surface area contributed by atoms with E-state index in [4.69, 9.17) is 0 Å². The van der Waals surface area contributed by atoms with Gasteiger partial charge in [-0.1, -0.05) is 19.3 Å². The van der Waals surface area contributed by atoms with Crippen molar-refractivity contribution in [1.82, 2.24) is 0 Å². The number of hydrogen-bond acceptors (Lipinski definition) is 2. The molecule has 3 rings (SSSR count). The van der Waals surface area contributed by atoms with Crippen LogP contribution < -0.4 is 10.6 Å². The summed E-state index contributed by atoms with van der Waals surface area (Å²) in [6.45, 7) is 0.956. The van der Waals surface area contributed by atoms with E-state index in [0.29, 0.717) is 4.47 Å². The van der Waals surface area contributed by atoms with Crippen LogP contribution in [-0.2, 0) is 0 Å². The van der Waals surface area contributed by atoms with Crippen molar-refractivity contribution >= 4 is 27.3 Å². The molecular formula is C14H18BrFN2. The monoisotopic (exact) mass is 312 g/mol. The molecule has 0 amide bonds. The lowest BCUT2D eigenvalue weighted by Crippen LogP contribution is -2.40. The summed E-state index contributed by atoms with van der Waals surface area (Å²) in [4.78, 5) is 0. The van der Waals surface area contributed by atoms with Crippen molar-refractivity contribution in [2.75, 3.05) is 17.2 Å². The minimum absolute atomic E-state index is 0.177. The van der Waals surface area contributed by atoms with Crippen LogP contribution in [0.2, 0.25) is 0 Å². The Hall–Kier alpha value is -0.770. The smallest absolute Gasteiger partial charge is 0.139 e. The van der Waals surface area contributed by atoms with Crippen LogP contribution in [0.25, 0.3) is 0 Å². The van der Waals surface area contributed by atoms with Crippen LogP contribution in [0.1, 0.15) is 38.5 Å². The van der Waals surface area contributed by atoms with E-state index >= 15 is 0 Å². The molecule has 1 aliphatic carbocycles. The molecule has 1 heterocycles. The highest BCUT2D eigenvalue weighted by molar-refractivity contribution is 9.10. The summed E-state index contributed by atoms with van der Waals surface area (Å²) < 4.78 is 14.2. The fraction of sp³-hybridized carbons (Fsp3) is 0.571. The minimum Gasteiger partial charge on any atom is -0.383 e. The predicted octanol–water partition coefficient (Wildman–Crippen LogP) is 4.52. The summed E-state index contributed by atoms with van der Waals surface area (Å²) >= 11 is 3.24. The van der Waals surface area contributed by atoms with Gasteiger partial charge in [-0.2, -0.15) is 0 Å². The Morgan fingerprint density at radius 2 is 1.83 bits per heavy atom. The van der Waals surface area contributed by atoms with Crippen LogP contribution in [0.15, 0.2) is 16.6 Å². The maximum absolute atomic E-state index is 13.7. The standard InChI is InChI=1S/C14H18BrFN2/c15-10-8-12-13(9-11(10)16)18-14(6-7-17-12)4-2-1-3-5-14/h8-9,17-18H,1-7H2. The molecule has 1 aromatic carbocycles. The summed E-state index contributed by atoms with van der Waals surface area (Å²) in [6, 6.07) is 3.44. The lowest BCUT2D eigenvalue weighted by Gasteiger charge is -2.38. The first-order valence-electron chi connectivity index (χ1n) is 6.70. The van der Waals surface area contributed by atoms with Crippen LogP contribution in [-0.4, -0.2) is 12.1 Å². The Balaban J connectivity index is 1.94. The molecule has 1 saturated carbocycles. The lowest BCUT2D eigenvalue weighted by atomic mass is 9.79. The summed E-state index contributed by atoms with van der Waals surface area (Å²) in [5.41, 5.74) is 2.09. The van der Waals surface area contributed by atoms with Gasteiger partial charge in [0.1, 0.15) is 5.82 Å². The molecule has 0 saturated heterocycles. The van der Waals surface area contributed by atoms with E-state index in [-0.39, 0.29) is 11.4 Å². The summed E-state index contributed by atoms with van der Waals surface area (Å²) in [7, 11) is 0. The van der Waals surface area contributed by atoms with Crippen molar-refractivity contribution < 1.29 is 4.39 Å². The average Bonchev–Trinajstić information content (AvgIpc) is 2.51. The van der Waals surface area contributed by atoms with E-state index in [1.165, 1.54) is 32.1 Å². The first-order valence-corrected chi connectivity index (χ1v) is 7.49. The SMILES string of the molecule is Fc1cc2c(cc1Br)NCCC1(CCCCC1)N2. The minimum atomic E-state index is -0.198. The zero-order valence-corrected chi connectivity index (χ0v) is 11.9. The molecule has 4 heteroatoms. The van der Waals surface area contributed by atoms with Crippen molar-refractivity contribution in [3.8, 4) is 0 Å². The Morgan fingerprint density at radius 1 is 1.06 bits per heavy atom. The third-order valence-electron chi connectivity index (χ3n) is 4.19. The molecule has 0 bridgehead atoms. The lowest BCUT2D eigenvalue weighted by molar-refractivity contribution is 0.313. The van der Waals surface area contributed by atoms with Gasteiger partial charge in [0.25, 0.3) is 0 Å². The van der Waals surface area contributed by atoms with Gasteiger partial charge in [-0.15, -0.1) is 0 Å². The van der Waals surface area contributed by atoms with Crippen molar-refractivity contribution in [3.05, 3.63) is 22.4 Å². The average molecular weight is 313 g/mol. The van der Waals surface area contributed by atoms with Crippen LogP contribution in [0, 0.1) is 5.82 Å². The Kier molecular flexibility index (Phi) is 3.22. The highest BCUT2D eigenvalue weighted by Gasteiger charge is 2.33. The second-order valence-electron chi connectivity index (χ2n) is 5.45. The van der Waals surface area contributed by atoms with Crippen molar-refractivity contribution in [1.29, 1.82) is 0 Å². The number of anilines is 2. The first kappa shape index (κ1) is 12.3. The number of benzene rings is 1. The quantitative estimate of drug-likeness (QED) is 0.736. The normalized spacial score (nSPS) is 21.7. The molecule has 2 aliphatic rings. The molecule has 2 nitrogen and oxygen atoms in total. The van der Waals surface area contributed by atoms with E-state index < -0.39 is 0 Å². The van der Waals surface area contributed by atoms with Gasteiger partial charge in [-0.3, -0.25) is 0 Å². The maximum atomic E-state index is 13.7. The zero-order chi connectivity index (χ0) is 12.6. The largest absolute Gasteiger partial charge is 0.383 e. The molecule has 1 spiro atoms. The highest BCUT2D eigenvalue weighted by Crippen LogP contribution is 2.40. The second kappa shape index (κ2) is 4.72. The van der Waals surface area contributed by atoms with E-state index in [9.17, 15) is 4.39 Å². The van der Waals surface area contributed by atoms with E-state index in [1.807, 2.05) is 6.07 Å². The van der Waals surface area contributed by atoms with Crippen LogP contribution >= 0.6 is 15.9 Å². The third kappa shape index (κ3) is 2.22. The van der Waals surface area contributed by atoms with E-state index in [1.54, 1.807) is 6.07 Å². The number of halogens is 2. The number of hydrogen-bond donors (Lipinski definition) is 2. The van der Waals surface area contributed by atoms with Gasteiger partial charge in [0.2, 0.25) is 0 Å². The summed E-state index contributed by atoms with van der Waals surface area (Å²) in [5.74, 6) is -0.198. The van der Waals surface area contributed by atoms with Crippen molar-refractivity contribution in [3.63, 3.8) is 0 Å². The van der Waals surface area contributed by atoms with Gasteiger partial charge in [0.15, 0.2) is 0 Å². The molecule has 1 aromatic rings.